The Morgan fingerprint density at radius 1 is 1.23 bits per heavy atom. The summed E-state index contributed by atoms with van der Waals surface area (Å²) in [6.45, 7) is 0.563. The molecule has 1 aliphatic heterocycles. The summed E-state index contributed by atoms with van der Waals surface area (Å²) in [7, 11) is 0. The maximum Gasteiger partial charge on any atom is 0.320 e. The monoisotopic (exact) mass is 434 g/mol. The lowest BCUT2D eigenvalue weighted by atomic mass is 9.99. The Kier molecular flexibility index (Phi) is 5.76. The van der Waals surface area contributed by atoms with Gasteiger partial charge in [-0.05, 0) is 11.6 Å². The minimum absolute atomic E-state index is 0.0919. The summed E-state index contributed by atoms with van der Waals surface area (Å²) in [5, 5.41) is 32.8. The average molecular weight is 435 g/mol. The molecule has 12 heteroatoms. The van der Waals surface area contributed by atoms with Crippen molar-refractivity contribution >= 4 is 17.3 Å². The molecule has 0 unspecified atom stereocenters. The number of hydrogen-bond donors (Lipinski definition) is 1. The molecule has 30 heavy (non-hydrogen) atoms. The summed E-state index contributed by atoms with van der Waals surface area (Å²) in [5.41, 5.74) is -4.04. The molecule has 1 aromatic heterocycles. The van der Waals surface area contributed by atoms with Crippen molar-refractivity contribution < 1.29 is 18.1 Å². The second kappa shape index (κ2) is 8.27. The number of halogens is 4. The molecule has 0 bridgehead atoms. The van der Waals surface area contributed by atoms with Crippen LogP contribution in [0.4, 0.5) is 13.2 Å². The number of nitrogens with one attached hydrogen (secondary N) is 1. The molecule has 3 rings (SSSR count). The van der Waals surface area contributed by atoms with Gasteiger partial charge in [0.05, 0.1) is 4.92 Å². The third kappa shape index (κ3) is 3.58. The summed E-state index contributed by atoms with van der Waals surface area (Å²) in [4.78, 5) is 16.1. The van der Waals surface area contributed by atoms with E-state index in [0.717, 1.165) is 6.07 Å². The van der Waals surface area contributed by atoms with E-state index in [9.17, 15) is 28.5 Å². The van der Waals surface area contributed by atoms with E-state index in [-0.39, 0.29) is 30.6 Å². The van der Waals surface area contributed by atoms with Gasteiger partial charge in [-0.1, -0.05) is 17.7 Å². The van der Waals surface area contributed by atoms with E-state index in [0.29, 0.717) is 5.56 Å². The average Bonchev–Trinajstić information content (AvgIpc) is 3.15. The fourth-order valence-electron chi connectivity index (χ4n) is 3.03. The Hall–Kier alpha value is -3.83. The van der Waals surface area contributed by atoms with E-state index >= 15 is 0 Å². The van der Waals surface area contributed by atoms with Gasteiger partial charge in [0.15, 0.2) is 23.3 Å². The van der Waals surface area contributed by atoms with Crippen LogP contribution in [-0.4, -0.2) is 27.9 Å². The number of aromatic nitrogens is 1. The topological polar surface area (TPSA) is 119 Å². The highest BCUT2D eigenvalue weighted by molar-refractivity contribution is 6.29. The van der Waals surface area contributed by atoms with Gasteiger partial charge in [-0.3, -0.25) is 10.1 Å². The van der Waals surface area contributed by atoms with Gasteiger partial charge in [0.2, 0.25) is 0 Å². The predicted molar refractivity (Wildman–Crippen MR) is 97.3 cm³/mol. The minimum atomic E-state index is -1.91. The maximum absolute atomic E-state index is 14.7. The van der Waals surface area contributed by atoms with E-state index in [1.54, 1.807) is 6.07 Å². The molecule has 2 heterocycles. The van der Waals surface area contributed by atoms with Gasteiger partial charge >= 0.3 is 5.70 Å². The standard InChI is InChI=1S/C18H10ClF3N6O2/c19-12-2-1-9(7-26-12)8-27-4-3-25-18(27)17(28(29)30)13-10(5-23)14(20)11(6-24)15(21)16(13)22/h1-2,7,25H,3-4,8H2/b18-17+. The molecule has 2 aromatic rings. The number of pyridine rings is 1. The van der Waals surface area contributed by atoms with Crippen molar-refractivity contribution in [2.24, 2.45) is 0 Å². The Labute approximate surface area is 172 Å². The van der Waals surface area contributed by atoms with Crippen LogP contribution in [0.2, 0.25) is 5.15 Å². The zero-order valence-corrected chi connectivity index (χ0v) is 15.7. The second-order valence-corrected chi connectivity index (χ2v) is 6.47. The quantitative estimate of drug-likeness (QED) is 0.340. The highest BCUT2D eigenvalue weighted by Crippen LogP contribution is 2.33. The molecule has 8 nitrogen and oxygen atoms in total. The molecule has 1 aromatic carbocycles. The highest BCUT2D eigenvalue weighted by Gasteiger charge is 2.37. The molecule has 0 spiro atoms. The smallest absolute Gasteiger partial charge is 0.320 e. The molecular weight excluding hydrogens is 425 g/mol. The molecule has 1 aliphatic rings. The fourth-order valence-corrected chi connectivity index (χ4v) is 3.14. The van der Waals surface area contributed by atoms with E-state index in [4.69, 9.17) is 16.9 Å². The molecule has 152 valence electrons. The van der Waals surface area contributed by atoms with Gasteiger partial charge < -0.3 is 10.2 Å². The molecule has 0 aliphatic carbocycles. The Morgan fingerprint density at radius 3 is 2.50 bits per heavy atom. The van der Waals surface area contributed by atoms with Gasteiger partial charge in [0.1, 0.15) is 34.0 Å². The van der Waals surface area contributed by atoms with E-state index in [2.05, 4.69) is 10.3 Å². The Morgan fingerprint density at radius 2 is 1.93 bits per heavy atom. The van der Waals surface area contributed by atoms with Crippen molar-refractivity contribution in [1.82, 2.24) is 15.2 Å². The molecule has 0 saturated carbocycles. The van der Waals surface area contributed by atoms with Gasteiger partial charge in [-0.2, -0.15) is 10.5 Å². The predicted octanol–water partition coefficient (Wildman–Crippen LogP) is 2.90. The number of rotatable bonds is 4. The number of hydrogen-bond acceptors (Lipinski definition) is 7. The zero-order valence-electron chi connectivity index (χ0n) is 14.9. The lowest BCUT2D eigenvalue weighted by molar-refractivity contribution is -0.377. The van der Waals surface area contributed by atoms with E-state index < -0.39 is 44.8 Å². The summed E-state index contributed by atoms with van der Waals surface area (Å²) in [6.07, 6.45) is 1.44. The Balaban J connectivity index is 2.22. The van der Waals surface area contributed by atoms with E-state index in [1.807, 2.05) is 0 Å². The highest BCUT2D eigenvalue weighted by atomic mass is 35.5. The fraction of sp³-hybridized carbons (Fsp3) is 0.167. The SMILES string of the molecule is N#Cc1c(F)c(F)c(/C(=C2/NCCN2Cc2ccc(Cl)nc2)[N+](=O)[O-])c(C#N)c1F. The molecule has 0 radical (unpaired) electrons. The first kappa shape index (κ1) is 20.9. The van der Waals surface area contributed by atoms with E-state index in [1.165, 1.54) is 23.2 Å². The normalized spacial score (nSPS) is 14.7. The number of nitro groups is 1. The minimum Gasteiger partial charge on any atom is -0.364 e. The van der Waals surface area contributed by atoms with Crippen LogP contribution in [0, 0.1) is 50.2 Å². The molecule has 0 amide bonds. The van der Waals surface area contributed by atoms with Crippen molar-refractivity contribution in [2.75, 3.05) is 13.1 Å². The lowest BCUT2D eigenvalue weighted by Gasteiger charge is -2.19. The van der Waals surface area contributed by atoms with Crippen molar-refractivity contribution in [1.29, 1.82) is 10.5 Å². The third-order valence-electron chi connectivity index (χ3n) is 4.34. The zero-order chi connectivity index (χ0) is 22.0. The summed E-state index contributed by atoms with van der Waals surface area (Å²) in [6, 6.07) is 5.55. The lowest BCUT2D eigenvalue weighted by Crippen LogP contribution is -2.24. The van der Waals surface area contributed by atoms with Crippen molar-refractivity contribution in [2.45, 2.75) is 6.54 Å². The van der Waals surface area contributed by atoms with Gasteiger partial charge in [0.25, 0.3) is 0 Å². The molecule has 1 saturated heterocycles. The van der Waals surface area contributed by atoms with Crippen molar-refractivity contribution in [3.8, 4) is 12.1 Å². The van der Waals surface area contributed by atoms with Crippen LogP contribution >= 0.6 is 11.6 Å². The van der Waals surface area contributed by atoms with Crippen LogP contribution < -0.4 is 5.32 Å². The molecule has 0 atom stereocenters. The molecular formula is C18H10ClF3N6O2. The molecule has 1 fully saturated rings. The number of nitrogens with zero attached hydrogens (tertiary/aromatic N) is 5. The number of nitriles is 2. The van der Waals surface area contributed by atoms with Crippen LogP contribution in [0.15, 0.2) is 24.2 Å². The Bertz CT molecular complexity index is 1150. The summed E-state index contributed by atoms with van der Waals surface area (Å²) >= 11 is 5.73. The second-order valence-electron chi connectivity index (χ2n) is 6.08. The maximum atomic E-state index is 14.7. The van der Waals surface area contributed by atoms with Crippen molar-refractivity contribution in [3.63, 3.8) is 0 Å². The first-order valence-electron chi connectivity index (χ1n) is 8.29. The van der Waals surface area contributed by atoms with Gasteiger partial charge in [0, 0.05) is 25.8 Å². The van der Waals surface area contributed by atoms with Gasteiger partial charge in [-0.15, -0.1) is 0 Å². The first-order chi connectivity index (χ1) is 14.3. The summed E-state index contributed by atoms with van der Waals surface area (Å²) < 4.78 is 43.3. The molecule has 1 N–H and O–H groups in total. The van der Waals surface area contributed by atoms with Gasteiger partial charge in [-0.25, -0.2) is 18.2 Å². The van der Waals surface area contributed by atoms with Crippen LogP contribution in [0.3, 0.4) is 0 Å². The van der Waals surface area contributed by atoms with Crippen molar-refractivity contribution in [3.05, 3.63) is 79.1 Å². The largest absolute Gasteiger partial charge is 0.364 e. The van der Waals surface area contributed by atoms with Crippen LogP contribution in [0.1, 0.15) is 22.3 Å². The first-order valence-corrected chi connectivity index (χ1v) is 8.66. The summed E-state index contributed by atoms with van der Waals surface area (Å²) in [5.74, 6) is -5.66. The third-order valence-corrected chi connectivity index (χ3v) is 4.56. The number of benzene rings is 1. The van der Waals surface area contributed by atoms with Crippen LogP contribution in [-0.2, 0) is 6.54 Å². The van der Waals surface area contributed by atoms with Crippen LogP contribution in [0.5, 0.6) is 0 Å². The van der Waals surface area contributed by atoms with Crippen LogP contribution in [0.25, 0.3) is 5.70 Å².